The summed E-state index contributed by atoms with van der Waals surface area (Å²) in [5.74, 6) is -0.599. The molecule has 0 aromatic carbocycles. The molecule has 0 amide bonds. The van der Waals surface area contributed by atoms with E-state index in [1.165, 1.54) is 0 Å². The van der Waals surface area contributed by atoms with Gasteiger partial charge in [-0.15, -0.1) is 0 Å². The van der Waals surface area contributed by atoms with Crippen LogP contribution in [0.2, 0.25) is 0 Å². The molecule has 0 bridgehead atoms. The van der Waals surface area contributed by atoms with Gasteiger partial charge in [0.05, 0.1) is 12.4 Å². The molecule has 0 aromatic heterocycles. The van der Waals surface area contributed by atoms with E-state index in [-0.39, 0.29) is 12.2 Å². The molecule has 0 heterocycles. The minimum absolute atomic E-state index is 0.0851. The summed E-state index contributed by atoms with van der Waals surface area (Å²) in [7, 11) is -3.07. The molecule has 0 aliphatic carbocycles. The zero-order valence-corrected chi connectivity index (χ0v) is 10.8. The summed E-state index contributed by atoms with van der Waals surface area (Å²) in [5, 5.41) is 0. The molecule has 0 aliphatic rings. The lowest BCUT2D eigenvalue weighted by Crippen LogP contribution is -2.34. The molecule has 0 spiro atoms. The van der Waals surface area contributed by atoms with E-state index >= 15 is 0 Å². The van der Waals surface area contributed by atoms with E-state index in [9.17, 15) is 13.2 Å². The van der Waals surface area contributed by atoms with Crippen LogP contribution >= 0.6 is 0 Å². The normalized spacial score (nSPS) is 13.4. The van der Waals surface area contributed by atoms with Crippen molar-refractivity contribution in [3.8, 4) is 0 Å². The van der Waals surface area contributed by atoms with E-state index in [0.29, 0.717) is 6.61 Å². The minimum Gasteiger partial charge on any atom is -0.465 e. The first-order valence-electron chi connectivity index (χ1n) is 5.46. The van der Waals surface area contributed by atoms with Gasteiger partial charge in [0.25, 0.3) is 0 Å². The fourth-order valence-corrected chi connectivity index (χ4v) is 1.77. The lowest BCUT2D eigenvalue weighted by atomic mass is 10.2. The van der Waals surface area contributed by atoms with Crippen molar-refractivity contribution in [2.45, 2.75) is 38.6 Å². The number of ether oxygens (including phenoxy) is 1. The van der Waals surface area contributed by atoms with Crippen LogP contribution in [0.3, 0.4) is 0 Å². The molecule has 1 atom stereocenters. The van der Waals surface area contributed by atoms with Crippen molar-refractivity contribution in [1.82, 2.24) is 0 Å². The Bertz CT molecular complexity index is 300. The first kappa shape index (κ1) is 15.4. The highest BCUT2D eigenvalue weighted by Crippen LogP contribution is 1.99. The third-order valence-corrected chi connectivity index (χ3v) is 3.07. The smallest absolute Gasteiger partial charge is 0.322 e. The molecule has 0 rings (SSSR count). The van der Waals surface area contributed by atoms with Crippen LogP contribution < -0.4 is 5.73 Å². The summed E-state index contributed by atoms with van der Waals surface area (Å²) in [6.45, 7) is 2.42. The number of carbonyl (C=O) groups excluding carboxylic acids is 1. The number of esters is 1. The van der Waals surface area contributed by atoms with Gasteiger partial charge in [-0.1, -0.05) is 19.8 Å². The summed E-state index contributed by atoms with van der Waals surface area (Å²) in [6.07, 6.45) is 4.11. The van der Waals surface area contributed by atoms with Crippen LogP contribution in [0.4, 0.5) is 0 Å². The molecule has 6 heteroatoms. The number of unbranched alkanes of at least 4 members (excludes halogenated alkanes) is 2. The van der Waals surface area contributed by atoms with Gasteiger partial charge in [-0.25, -0.2) is 8.42 Å². The second-order valence-corrected chi connectivity index (χ2v) is 6.16. The Morgan fingerprint density at radius 2 is 2.00 bits per heavy atom. The average Bonchev–Trinajstić information content (AvgIpc) is 2.19. The van der Waals surface area contributed by atoms with Gasteiger partial charge in [0.15, 0.2) is 0 Å². The molecule has 16 heavy (non-hydrogen) atoms. The van der Waals surface area contributed by atoms with Crippen molar-refractivity contribution in [3.63, 3.8) is 0 Å². The maximum atomic E-state index is 11.3. The fraction of sp³-hybridized carbons (Fsp3) is 0.900. The molecular formula is C10H21NO4S. The van der Waals surface area contributed by atoms with Gasteiger partial charge in [0.1, 0.15) is 15.9 Å². The van der Waals surface area contributed by atoms with Gasteiger partial charge in [-0.3, -0.25) is 4.79 Å². The first-order valence-corrected chi connectivity index (χ1v) is 7.53. The second kappa shape index (κ2) is 7.62. The van der Waals surface area contributed by atoms with Gasteiger partial charge in [0, 0.05) is 6.26 Å². The predicted molar refractivity (Wildman–Crippen MR) is 62.8 cm³/mol. The SMILES string of the molecule is CCCCCOC(=O)C(N)CCS(C)(=O)=O. The first-order chi connectivity index (χ1) is 7.37. The lowest BCUT2D eigenvalue weighted by molar-refractivity contribution is -0.145. The van der Waals surface area contributed by atoms with Crippen LogP contribution in [-0.4, -0.2) is 39.0 Å². The van der Waals surface area contributed by atoms with Crippen molar-refractivity contribution in [3.05, 3.63) is 0 Å². The second-order valence-electron chi connectivity index (χ2n) is 3.90. The third kappa shape index (κ3) is 8.67. The Kier molecular flexibility index (Phi) is 7.33. The number of rotatable bonds is 8. The summed E-state index contributed by atoms with van der Waals surface area (Å²) in [6, 6.07) is -0.837. The van der Waals surface area contributed by atoms with E-state index in [4.69, 9.17) is 10.5 Å². The minimum atomic E-state index is -3.07. The van der Waals surface area contributed by atoms with E-state index in [1.54, 1.807) is 0 Å². The van der Waals surface area contributed by atoms with Crippen LogP contribution in [0.15, 0.2) is 0 Å². The Balaban J connectivity index is 3.74. The molecule has 5 nitrogen and oxygen atoms in total. The highest BCUT2D eigenvalue weighted by Gasteiger charge is 2.16. The molecule has 0 saturated heterocycles. The summed E-state index contributed by atoms with van der Waals surface area (Å²) in [4.78, 5) is 11.3. The number of carbonyl (C=O) groups is 1. The Labute approximate surface area is 97.3 Å². The number of hydrogen-bond acceptors (Lipinski definition) is 5. The highest BCUT2D eigenvalue weighted by molar-refractivity contribution is 7.90. The molecule has 2 N–H and O–H groups in total. The monoisotopic (exact) mass is 251 g/mol. The van der Waals surface area contributed by atoms with Crippen LogP contribution in [-0.2, 0) is 19.4 Å². The van der Waals surface area contributed by atoms with Crippen LogP contribution in [0.1, 0.15) is 32.6 Å². The van der Waals surface area contributed by atoms with Crippen molar-refractivity contribution in [2.24, 2.45) is 5.73 Å². The van der Waals surface area contributed by atoms with Crippen molar-refractivity contribution >= 4 is 15.8 Å². The summed E-state index contributed by atoms with van der Waals surface area (Å²) >= 11 is 0. The predicted octanol–water partition coefficient (Wildman–Crippen LogP) is 0.482. The standard InChI is InChI=1S/C10H21NO4S/c1-3-4-5-7-15-10(12)9(11)6-8-16(2,13)14/h9H,3-8,11H2,1-2H3. The maximum absolute atomic E-state index is 11.3. The average molecular weight is 251 g/mol. The topological polar surface area (TPSA) is 86.5 Å². The van der Waals surface area contributed by atoms with E-state index in [2.05, 4.69) is 6.92 Å². The quantitative estimate of drug-likeness (QED) is 0.501. The molecule has 0 radical (unpaired) electrons. The summed E-state index contributed by atoms with van der Waals surface area (Å²) < 4.78 is 26.6. The molecule has 0 fully saturated rings. The van der Waals surface area contributed by atoms with Crippen molar-refractivity contribution in [2.75, 3.05) is 18.6 Å². The molecule has 96 valence electrons. The molecule has 0 aromatic rings. The van der Waals surface area contributed by atoms with E-state index in [0.717, 1.165) is 25.5 Å². The van der Waals surface area contributed by atoms with Crippen molar-refractivity contribution in [1.29, 1.82) is 0 Å². The number of nitrogens with two attached hydrogens (primary N) is 1. The van der Waals surface area contributed by atoms with Gasteiger partial charge in [0.2, 0.25) is 0 Å². The van der Waals surface area contributed by atoms with Crippen molar-refractivity contribution < 1.29 is 17.9 Å². The maximum Gasteiger partial charge on any atom is 0.322 e. The van der Waals surface area contributed by atoms with E-state index < -0.39 is 21.8 Å². The van der Waals surface area contributed by atoms with Crippen LogP contribution in [0.25, 0.3) is 0 Å². The number of sulfone groups is 1. The van der Waals surface area contributed by atoms with Gasteiger partial charge in [-0.2, -0.15) is 0 Å². The zero-order valence-electron chi connectivity index (χ0n) is 9.94. The fourth-order valence-electron chi connectivity index (χ4n) is 1.09. The summed E-state index contributed by atoms with van der Waals surface area (Å²) in [5.41, 5.74) is 5.50. The van der Waals surface area contributed by atoms with Gasteiger partial charge < -0.3 is 10.5 Å². The third-order valence-electron chi connectivity index (χ3n) is 2.09. The molecule has 0 aliphatic heterocycles. The Morgan fingerprint density at radius 1 is 1.38 bits per heavy atom. The largest absolute Gasteiger partial charge is 0.465 e. The van der Waals surface area contributed by atoms with E-state index in [1.807, 2.05) is 0 Å². The van der Waals surface area contributed by atoms with Crippen LogP contribution in [0, 0.1) is 0 Å². The van der Waals surface area contributed by atoms with Crippen LogP contribution in [0.5, 0.6) is 0 Å². The Hall–Kier alpha value is -0.620. The molecule has 1 unspecified atom stereocenters. The lowest BCUT2D eigenvalue weighted by Gasteiger charge is -2.10. The molecular weight excluding hydrogens is 230 g/mol. The highest BCUT2D eigenvalue weighted by atomic mass is 32.2. The Morgan fingerprint density at radius 3 is 2.50 bits per heavy atom. The van der Waals surface area contributed by atoms with Gasteiger partial charge >= 0.3 is 5.97 Å². The molecule has 0 saturated carbocycles. The zero-order chi connectivity index (χ0) is 12.6. The number of hydrogen-bond donors (Lipinski definition) is 1. The van der Waals surface area contributed by atoms with Gasteiger partial charge in [-0.05, 0) is 12.8 Å².